The highest BCUT2D eigenvalue weighted by Crippen LogP contribution is 2.39. The molecule has 1 aliphatic rings. The van der Waals surface area contributed by atoms with Crippen LogP contribution in [0.4, 0.5) is 16.2 Å². The number of ether oxygens (including phenoxy) is 3. The number of hydrogen-bond donors (Lipinski definition) is 2. The number of carbonyl (C=O) groups excluding carboxylic acids is 2. The summed E-state index contributed by atoms with van der Waals surface area (Å²) in [7, 11) is -2.23. The van der Waals surface area contributed by atoms with Crippen molar-refractivity contribution in [1.29, 1.82) is 0 Å². The molecule has 3 aromatic rings. The van der Waals surface area contributed by atoms with Gasteiger partial charge in [-0.3, -0.25) is 19.4 Å². The predicted molar refractivity (Wildman–Crippen MR) is 192 cm³/mol. The second kappa shape index (κ2) is 15.2. The number of nitrogens with one attached hydrogen (secondary N) is 2. The Morgan fingerprint density at radius 1 is 0.959 bits per heavy atom. The smallest absolute Gasteiger partial charge is 0.410 e. The van der Waals surface area contributed by atoms with Crippen molar-refractivity contribution in [2.45, 2.75) is 65.5 Å². The number of rotatable bonds is 9. The standard InChI is InChI=1S/C35H46ClN5O7S/c1-34(2,3)24-19-28(31(46-7)29(20-24)39-49(8,44)45)38-32(42)23-10-11-27(36)30(18-23)47-26-12-13-37-25(21-26)22-40-14-9-15-41(17-16-40)33(43)48-35(4,5)6/h10-13,18-21,39H,9,14-17,22H2,1-8H3,(H,38,42). The molecule has 266 valence electrons. The van der Waals surface area contributed by atoms with E-state index in [1.807, 2.05) is 47.6 Å². The summed E-state index contributed by atoms with van der Waals surface area (Å²) in [6.07, 6.45) is 3.20. The van der Waals surface area contributed by atoms with Crippen molar-refractivity contribution in [3.05, 3.63) is 70.5 Å². The molecular formula is C35H46ClN5O7S. The number of halogens is 1. The summed E-state index contributed by atoms with van der Waals surface area (Å²) in [5, 5.41) is 3.16. The van der Waals surface area contributed by atoms with Gasteiger partial charge in [-0.15, -0.1) is 0 Å². The van der Waals surface area contributed by atoms with Gasteiger partial charge in [-0.1, -0.05) is 32.4 Å². The van der Waals surface area contributed by atoms with Gasteiger partial charge in [0.2, 0.25) is 10.0 Å². The van der Waals surface area contributed by atoms with E-state index in [9.17, 15) is 18.0 Å². The highest BCUT2D eigenvalue weighted by molar-refractivity contribution is 7.92. The molecule has 2 N–H and O–H groups in total. The normalized spacial score (nSPS) is 14.5. The molecule has 0 radical (unpaired) electrons. The number of anilines is 2. The van der Waals surface area contributed by atoms with Gasteiger partial charge in [0.15, 0.2) is 5.75 Å². The van der Waals surface area contributed by atoms with Crippen LogP contribution in [-0.4, -0.2) is 80.3 Å². The van der Waals surface area contributed by atoms with Crippen molar-refractivity contribution in [1.82, 2.24) is 14.8 Å². The molecule has 0 aliphatic carbocycles. The van der Waals surface area contributed by atoms with Crippen molar-refractivity contribution in [3.63, 3.8) is 0 Å². The zero-order chi connectivity index (χ0) is 36.1. The minimum absolute atomic E-state index is 0.170. The van der Waals surface area contributed by atoms with Crippen LogP contribution in [0.3, 0.4) is 0 Å². The van der Waals surface area contributed by atoms with E-state index in [0.29, 0.717) is 42.6 Å². The quantitative estimate of drug-likeness (QED) is 0.242. The van der Waals surface area contributed by atoms with Crippen LogP contribution in [0.15, 0.2) is 48.7 Å². The Labute approximate surface area is 294 Å². The van der Waals surface area contributed by atoms with E-state index in [4.69, 9.17) is 25.8 Å². The summed E-state index contributed by atoms with van der Waals surface area (Å²) >= 11 is 6.50. The van der Waals surface area contributed by atoms with Crippen molar-refractivity contribution in [3.8, 4) is 17.2 Å². The van der Waals surface area contributed by atoms with E-state index in [2.05, 4.69) is 19.9 Å². The van der Waals surface area contributed by atoms with Crippen LogP contribution < -0.4 is 19.5 Å². The molecule has 0 unspecified atom stereocenters. The number of sulfonamides is 1. The number of nitrogens with zero attached hydrogens (tertiary/aromatic N) is 3. The lowest BCUT2D eigenvalue weighted by Crippen LogP contribution is -2.39. The van der Waals surface area contributed by atoms with Crippen molar-refractivity contribution >= 4 is 45.0 Å². The largest absolute Gasteiger partial charge is 0.492 e. The minimum Gasteiger partial charge on any atom is -0.492 e. The van der Waals surface area contributed by atoms with Gasteiger partial charge in [0, 0.05) is 50.6 Å². The molecule has 2 heterocycles. The Bertz CT molecular complexity index is 1790. The zero-order valence-electron chi connectivity index (χ0n) is 29.3. The maximum Gasteiger partial charge on any atom is 0.410 e. The lowest BCUT2D eigenvalue weighted by atomic mass is 9.86. The first-order chi connectivity index (χ1) is 22.8. The van der Waals surface area contributed by atoms with Gasteiger partial charge in [-0.05, 0) is 74.6 Å². The van der Waals surface area contributed by atoms with Gasteiger partial charge in [-0.25, -0.2) is 13.2 Å². The average molecular weight is 716 g/mol. The minimum atomic E-state index is -3.63. The van der Waals surface area contributed by atoms with Crippen LogP contribution in [-0.2, 0) is 26.7 Å². The Hall–Kier alpha value is -4.07. The van der Waals surface area contributed by atoms with E-state index in [-0.39, 0.29) is 34.3 Å². The van der Waals surface area contributed by atoms with E-state index in [1.165, 1.54) is 13.2 Å². The van der Waals surface area contributed by atoms with Crippen LogP contribution in [0.2, 0.25) is 5.02 Å². The molecule has 0 atom stereocenters. The Morgan fingerprint density at radius 2 is 1.67 bits per heavy atom. The third-order valence-electron chi connectivity index (χ3n) is 7.54. The average Bonchev–Trinajstić information content (AvgIpc) is 3.22. The van der Waals surface area contributed by atoms with Gasteiger partial charge in [0.05, 0.1) is 35.5 Å². The third-order valence-corrected chi connectivity index (χ3v) is 8.44. The maximum atomic E-state index is 13.5. The fourth-order valence-electron chi connectivity index (χ4n) is 5.17. The second-order valence-electron chi connectivity index (χ2n) is 14.0. The first-order valence-corrected chi connectivity index (χ1v) is 18.2. The first-order valence-electron chi connectivity index (χ1n) is 16.0. The summed E-state index contributed by atoms with van der Waals surface area (Å²) in [6.45, 7) is 14.7. The number of aromatic nitrogens is 1. The maximum absolute atomic E-state index is 13.5. The summed E-state index contributed by atoms with van der Waals surface area (Å²) in [6, 6.07) is 11.7. The van der Waals surface area contributed by atoms with Crippen LogP contribution in [0.25, 0.3) is 0 Å². The molecule has 12 nitrogen and oxygen atoms in total. The van der Waals surface area contributed by atoms with Crippen molar-refractivity contribution in [2.24, 2.45) is 0 Å². The molecule has 0 saturated carbocycles. The van der Waals surface area contributed by atoms with Crippen LogP contribution >= 0.6 is 11.6 Å². The second-order valence-corrected chi connectivity index (χ2v) is 16.2. The summed E-state index contributed by atoms with van der Waals surface area (Å²) < 4.78 is 43.9. The Balaban J connectivity index is 1.49. The van der Waals surface area contributed by atoms with Crippen LogP contribution in [0.5, 0.6) is 17.2 Å². The van der Waals surface area contributed by atoms with Gasteiger partial charge < -0.3 is 24.4 Å². The highest BCUT2D eigenvalue weighted by atomic mass is 35.5. The molecule has 49 heavy (non-hydrogen) atoms. The fraction of sp³-hybridized carbons (Fsp3) is 0.457. The Morgan fingerprint density at radius 3 is 2.33 bits per heavy atom. The Kier molecular flexibility index (Phi) is 11.7. The number of methoxy groups -OCH3 is 1. The van der Waals surface area contributed by atoms with Gasteiger partial charge in [0.25, 0.3) is 5.91 Å². The number of hydrogen-bond acceptors (Lipinski definition) is 9. The molecule has 0 spiro atoms. The fourth-order valence-corrected chi connectivity index (χ4v) is 5.87. The number of pyridine rings is 1. The molecule has 1 saturated heterocycles. The molecular weight excluding hydrogens is 670 g/mol. The molecule has 4 rings (SSSR count). The molecule has 14 heteroatoms. The third kappa shape index (κ3) is 11.0. The van der Waals surface area contributed by atoms with Crippen LogP contribution in [0.1, 0.15) is 69.6 Å². The van der Waals surface area contributed by atoms with Gasteiger partial charge in [-0.2, -0.15) is 0 Å². The van der Waals surface area contributed by atoms with Gasteiger partial charge in [0.1, 0.15) is 17.1 Å². The molecule has 1 aliphatic heterocycles. The van der Waals surface area contributed by atoms with E-state index >= 15 is 0 Å². The SMILES string of the molecule is COc1c(NC(=O)c2ccc(Cl)c(Oc3ccnc(CN4CCCN(C(=O)OC(C)(C)C)CC4)c3)c2)cc(C(C)(C)C)cc1NS(C)(=O)=O. The molecule has 0 bridgehead atoms. The van der Waals surface area contributed by atoms with Crippen LogP contribution in [0, 0.1) is 0 Å². The molecule has 2 aromatic carbocycles. The topological polar surface area (TPSA) is 139 Å². The molecule has 1 fully saturated rings. The summed E-state index contributed by atoms with van der Waals surface area (Å²) in [5.41, 5.74) is 1.41. The number of carbonyl (C=O) groups is 2. The van der Waals surface area contributed by atoms with E-state index < -0.39 is 21.5 Å². The molecule has 1 aromatic heterocycles. The van der Waals surface area contributed by atoms with E-state index in [0.717, 1.165) is 30.5 Å². The predicted octanol–water partition coefficient (Wildman–Crippen LogP) is 6.90. The highest BCUT2D eigenvalue weighted by Gasteiger charge is 2.25. The summed E-state index contributed by atoms with van der Waals surface area (Å²) in [4.78, 5) is 34.6. The van der Waals surface area contributed by atoms with E-state index in [1.54, 1.807) is 41.4 Å². The monoisotopic (exact) mass is 715 g/mol. The zero-order valence-corrected chi connectivity index (χ0v) is 30.9. The number of amides is 2. The van der Waals surface area contributed by atoms with Gasteiger partial charge >= 0.3 is 6.09 Å². The molecule has 2 amide bonds. The lowest BCUT2D eigenvalue weighted by molar-refractivity contribution is 0.0257. The summed E-state index contributed by atoms with van der Waals surface area (Å²) in [5.74, 6) is 0.450. The van der Waals surface area contributed by atoms with Crippen molar-refractivity contribution in [2.75, 3.05) is 49.6 Å². The number of benzene rings is 2. The lowest BCUT2D eigenvalue weighted by Gasteiger charge is -2.26. The first kappa shape index (κ1) is 37.7. The van der Waals surface area contributed by atoms with Crippen molar-refractivity contribution < 1.29 is 32.2 Å².